The number of fused-ring (bicyclic) bond motifs is 1. The van der Waals surface area contributed by atoms with Gasteiger partial charge in [-0.2, -0.15) is 0 Å². The van der Waals surface area contributed by atoms with Gasteiger partial charge in [-0.3, -0.25) is 5.10 Å². The van der Waals surface area contributed by atoms with Gasteiger partial charge in [0, 0.05) is 22.9 Å². The van der Waals surface area contributed by atoms with Crippen molar-refractivity contribution in [1.29, 1.82) is 0 Å². The van der Waals surface area contributed by atoms with Crippen LogP contribution >= 0.6 is 11.8 Å². The van der Waals surface area contributed by atoms with E-state index in [-0.39, 0.29) is 4.91 Å². The van der Waals surface area contributed by atoms with Crippen LogP contribution in [0.1, 0.15) is 24.7 Å². The van der Waals surface area contributed by atoms with Crippen molar-refractivity contribution in [3.8, 4) is 11.3 Å². The zero-order valence-corrected chi connectivity index (χ0v) is 16.7. The number of carboxylic acids is 1. The van der Waals surface area contributed by atoms with Crippen molar-refractivity contribution in [2.45, 2.75) is 24.9 Å². The van der Waals surface area contributed by atoms with Crippen molar-refractivity contribution in [2.75, 3.05) is 0 Å². The highest BCUT2D eigenvalue weighted by Gasteiger charge is 2.17. The number of hydrogen-bond acceptors (Lipinski definition) is 4. The van der Waals surface area contributed by atoms with Crippen LogP contribution in [-0.2, 0) is 11.2 Å². The van der Waals surface area contributed by atoms with Gasteiger partial charge in [-0.05, 0) is 35.9 Å². The molecule has 0 aliphatic heterocycles. The number of H-pyrrole nitrogens is 2. The molecule has 0 amide bonds. The van der Waals surface area contributed by atoms with Crippen molar-refractivity contribution in [2.24, 2.45) is 0 Å². The Labute approximate surface area is 172 Å². The number of benzene rings is 2. The molecule has 0 atom stereocenters. The second-order valence-electron chi connectivity index (χ2n) is 6.56. The molecular formula is C22H20N4O2S. The van der Waals surface area contributed by atoms with Crippen molar-refractivity contribution >= 4 is 34.7 Å². The molecule has 146 valence electrons. The smallest absolute Gasteiger partial charge is 0.342 e. The fourth-order valence-electron chi connectivity index (χ4n) is 3.18. The van der Waals surface area contributed by atoms with E-state index in [0.717, 1.165) is 58.2 Å². The fourth-order valence-corrected chi connectivity index (χ4v) is 3.89. The minimum Gasteiger partial charge on any atom is -0.477 e. The molecule has 6 nitrogen and oxygen atoms in total. The van der Waals surface area contributed by atoms with Gasteiger partial charge in [0.1, 0.15) is 10.7 Å². The van der Waals surface area contributed by atoms with E-state index in [1.54, 1.807) is 6.08 Å². The van der Waals surface area contributed by atoms with Gasteiger partial charge in [-0.1, -0.05) is 55.5 Å². The minimum atomic E-state index is -1.01. The van der Waals surface area contributed by atoms with Crippen LogP contribution in [-0.4, -0.2) is 31.2 Å². The first-order valence-electron chi connectivity index (χ1n) is 9.36. The van der Waals surface area contributed by atoms with E-state index in [4.69, 9.17) is 0 Å². The topological polar surface area (TPSA) is 94.7 Å². The van der Waals surface area contributed by atoms with Crippen LogP contribution in [0.15, 0.2) is 64.7 Å². The monoisotopic (exact) mass is 404 g/mol. The van der Waals surface area contributed by atoms with Crippen LogP contribution in [0.25, 0.3) is 28.2 Å². The number of carbonyl (C=O) groups is 1. The molecule has 0 bridgehead atoms. The highest BCUT2D eigenvalue weighted by molar-refractivity contribution is 8.04. The Morgan fingerprint density at radius 1 is 1.14 bits per heavy atom. The van der Waals surface area contributed by atoms with Crippen molar-refractivity contribution in [3.05, 3.63) is 70.9 Å². The number of nitrogens with one attached hydrogen (secondary N) is 2. The molecule has 2 heterocycles. The summed E-state index contributed by atoms with van der Waals surface area (Å²) in [6, 6.07) is 17.8. The third kappa shape index (κ3) is 4.09. The number of aromatic nitrogens is 4. The van der Waals surface area contributed by atoms with E-state index in [2.05, 4.69) is 27.1 Å². The third-order valence-electron chi connectivity index (χ3n) is 4.49. The molecule has 4 aromatic rings. The summed E-state index contributed by atoms with van der Waals surface area (Å²) >= 11 is 1.05. The summed E-state index contributed by atoms with van der Waals surface area (Å²) in [4.78, 5) is 19.9. The number of rotatable bonds is 7. The molecule has 4 rings (SSSR count). The van der Waals surface area contributed by atoms with Crippen molar-refractivity contribution < 1.29 is 9.90 Å². The first-order chi connectivity index (χ1) is 14.2. The lowest BCUT2D eigenvalue weighted by Gasteiger charge is -2.03. The maximum atomic E-state index is 12.0. The van der Waals surface area contributed by atoms with Gasteiger partial charge in [-0.15, -0.1) is 5.10 Å². The number of aliphatic carboxylic acids is 1. The molecule has 0 radical (unpaired) electrons. The Kier molecular flexibility index (Phi) is 5.48. The highest BCUT2D eigenvalue weighted by Crippen LogP contribution is 2.34. The van der Waals surface area contributed by atoms with Crippen LogP contribution in [0.5, 0.6) is 0 Å². The van der Waals surface area contributed by atoms with Gasteiger partial charge >= 0.3 is 5.97 Å². The fraction of sp³-hybridized carbons (Fsp3) is 0.136. The average molecular weight is 404 g/mol. The van der Waals surface area contributed by atoms with Crippen molar-refractivity contribution in [3.63, 3.8) is 0 Å². The molecule has 2 aromatic heterocycles. The van der Waals surface area contributed by atoms with E-state index >= 15 is 0 Å². The summed E-state index contributed by atoms with van der Waals surface area (Å²) in [7, 11) is 0. The number of nitrogens with zero attached hydrogens (tertiary/aromatic N) is 2. The van der Waals surface area contributed by atoms with Crippen molar-refractivity contribution in [1.82, 2.24) is 20.2 Å². The van der Waals surface area contributed by atoms with E-state index in [1.807, 2.05) is 54.6 Å². The zero-order chi connectivity index (χ0) is 20.2. The zero-order valence-electron chi connectivity index (χ0n) is 15.8. The minimum absolute atomic E-state index is 0.161. The normalized spacial score (nSPS) is 11.8. The van der Waals surface area contributed by atoms with Gasteiger partial charge in [0.05, 0.1) is 5.69 Å². The lowest BCUT2D eigenvalue weighted by molar-refractivity contribution is -0.131. The molecule has 0 fully saturated rings. The summed E-state index contributed by atoms with van der Waals surface area (Å²) in [6.07, 6.45) is 3.42. The second-order valence-corrected chi connectivity index (χ2v) is 7.56. The number of aromatic amines is 2. The Morgan fingerprint density at radius 3 is 2.66 bits per heavy atom. The summed E-state index contributed by atoms with van der Waals surface area (Å²) in [5.41, 5.74) is 3.66. The third-order valence-corrected chi connectivity index (χ3v) is 5.37. The number of thioether (sulfide) groups is 1. The van der Waals surface area contributed by atoms with Crippen LogP contribution in [0, 0.1) is 0 Å². The van der Waals surface area contributed by atoms with Crippen LogP contribution in [0.3, 0.4) is 0 Å². The first-order valence-corrected chi connectivity index (χ1v) is 10.2. The Bertz CT molecular complexity index is 1180. The number of hydrogen-bond donors (Lipinski definition) is 3. The first kappa shape index (κ1) is 19.0. The Hall–Kier alpha value is -3.32. The quantitative estimate of drug-likeness (QED) is 0.293. The van der Waals surface area contributed by atoms with Gasteiger partial charge in [0.25, 0.3) is 0 Å². The van der Waals surface area contributed by atoms with Crippen LogP contribution in [0.4, 0.5) is 0 Å². The van der Waals surface area contributed by atoms with Crippen LogP contribution in [0.2, 0.25) is 0 Å². The molecule has 0 spiro atoms. The largest absolute Gasteiger partial charge is 0.477 e. The average Bonchev–Trinajstić information content (AvgIpc) is 3.33. The molecular weight excluding hydrogens is 384 g/mol. The predicted molar refractivity (Wildman–Crippen MR) is 116 cm³/mol. The van der Waals surface area contributed by atoms with Gasteiger partial charge in [-0.25, -0.2) is 9.78 Å². The second kappa shape index (κ2) is 8.36. The van der Waals surface area contributed by atoms with Gasteiger partial charge in [0.15, 0.2) is 0 Å². The SMILES string of the molecule is CCCc1nc(S/C(=C\c2c(-c3ccccc3)[nH]c3ccccc23)C(=O)O)n[nH]1. The van der Waals surface area contributed by atoms with E-state index in [9.17, 15) is 9.90 Å². The van der Waals surface area contributed by atoms with Gasteiger partial charge < -0.3 is 10.1 Å². The molecule has 0 saturated carbocycles. The van der Waals surface area contributed by atoms with Gasteiger partial charge in [0.2, 0.25) is 5.16 Å². The molecule has 0 unspecified atom stereocenters. The maximum Gasteiger partial charge on any atom is 0.342 e. The standard InChI is InChI=1S/C22H20N4O2S/c1-2-8-19-24-22(26-25-19)29-18(21(27)28)13-16-15-11-6-7-12-17(15)23-20(16)14-9-4-3-5-10-14/h3-7,9-13,23H,2,8H2,1H3,(H,27,28)(H,24,25,26)/b18-13-. The molecule has 0 aliphatic rings. The lowest BCUT2D eigenvalue weighted by Crippen LogP contribution is -1.97. The summed E-state index contributed by atoms with van der Waals surface area (Å²) < 4.78 is 0. The van der Waals surface area contributed by atoms with E-state index < -0.39 is 5.97 Å². The molecule has 29 heavy (non-hydrogen) atoms. The highest BCUT2D eigenvalue weighted by atomic mass is 32.2. The molecule has 3 N–H and O–H groups in total. The lowest BCUT2D eigenvalue weighted by atomic mass is 10.0. The van der Waals surface area contributed by atoms with E-state index in [1.165, 1.54) is 0 Å². The maximum absolute atomic E-state index is 12.0. The predicted octanol–water partition coefficient (Wildman–Crippen LogP) is 5.12. The Balaban J connectivity index is 1.80. The Morgan fingerprint density at radius 2 is 1.90 bits per heavy atom. The number of aryl methyl sites for hydroxylation is 1. The molecule has 7 heteroatoms. The number of carboxylic acid groups (broad SMARTS) is 1. The van der Waals surface area contributed by atoms with E-state index in [0.29, 0.717) is 5.16 Å². The molecule has 2 aromatic carbocycles. The summed E-state index contributed by atoms with van der Waals surface area (Å²) in [5, 5.41) is 18.2. The summed E-state index contributed by atoms with van der Waals surface area (Å²) in [6.45, 7) is 2.06. The molecule has 0 aliphatic carbocycles. The molecule has 0 saturated heterocycles. The number of para-hydroxylation sites is 1. The van der Waals surface area contributed by atoms with Crippen LogP contribution < -0.4 is 0 Å². The summed E-state index contributed by atoms with van der Waals surface area (Å²) in [5.74, 6) is -0.252.